The predicted molar refractivity (Wildman–Crippen MR) is 117 cm³/mol. The minimum absolute atomic E-state index is 0.649. The van der Waals surface area contributed by atoms with E-state index in [1.807, 2.05) is 65.2 Å². The Morgan fingerprint density at radius 1 is 1.00 bits per heavy atom. The molecule has 8 heteroatoms. The van der Waals surface area contributed by atoms with Gasteiger partial charge in [0.15, 0.2) is 11.0 Å². The van der Waals surface area contributed by atoms with Crippen molar-refractivity contribution in [2.24, 2.45) is 0 Å². The zero-order valence-corrected chi connectivity index (χ0v) is 17.0. The van der Waals surface area contributed by atoms with E-state index in [0.717, 1.165) is 44.8 Å². The molecule has 5 aromatic rings. The smallest absolute Gasteiger partial charge is 0.196 e. The second-order valence-corrected chi connectivity index (χ2v) is 7.51. The monoisotopic (exact) mass is 414 g/mol. The number of H-pyrrole nitrogens is 1. The van der Waals surface area contributed by atoms with Crippen LogP contribution in [0.4, 0.5) is 0 Å². The number of thioether (sulfide) groups is 1. The summed E-state index contributed by atoms with van der Waals surface area (Å²) in [7, 11) is 1.66. The van der Waals surface area contributed by atoms with Gasteiger partial charge in [0.25, 0.3) is 0 Å². The molecule has 3 heterocycles. The minimum Gasteiger partial charge on any atom is -0.497 e. The van der Waals surface area contributed by atoms with Crippen LogP contribution in [0.3, 0.4) is 0 Å². The molecule has 0 saturated heterocycles. The highest BCUT2D eigenvalue weighted by molar-refractivity contribution is 7.98. The van der Waals surface area contributed by atoms with Gasteiger partial charge >= 0.3 is 0 Å². The fourth-order valence-electron chi connectivity index (χ4n) is 3.22. The highest BCUT2D eigenvalue weighted by atomic mass is 32.2. The maximum Gasteiger partial charge on any atom is 0.196 e. The van der Waals surface area contributed by atoms with Gasteiger partial charge in [0.2, 0.25) is 0 Å². The van der Waals surface area contributed by atoms with E-state index in [-0.39, 0.29) is 0 Å². The average Bonchev–Trinajstić information content (AvgIpc) is 3.42. The predicted octanol–water partition coefficient (Wildman–Crippen LogP) is 4.51. The summed E-state index contributed by atoms with van der Waals surface area (Å²) >= 11 is 1.58. The van der Waals surface area contributed by atoms with E-state index < -0.39 is 0 Å². The number of nitrogens with zero attached hydrogens (tertiary/aromatic N) is 5. The maximum atomic E-state index is 5.30. The average molecular weight is 414 g/mol. The first-order valence-corrected chi connectivity index (χ1v) is 10.4. The lowest BCUT2D eigenvalue weighted by Crippen LogP contribution is -2.00. The molecule has 2 aromatic carbocycles. The Morgan fingerprint density at radius 2 is 1.87 bits per heavy atom. The van der Waals surface area contributed by atoms with Crippen LogP contribution in [-0.2, 0) is 5.75 Å². The van der Waals surface area contributed by atoms with Crippen molar-refractivity contribution in [3.63, 3.8) is 0 Å². The van der Waals surface area contributed by atoms with Gasteiger partial charge in [0.05, 0.1) is 23.9 Å². The van der Waals surface area contributed by atoms with E-state index in [1.165, 1.54) is 0 Å². The number of benzene rings is 2. The number of imidazole rings is 1. The molecule has 0 aliphatic rings. The van der Waals surface area contributed by atoms with Gasteiger partial charge in [-0.25, -0.2) is 4.98 Å². The molecule has 0 spiro atoms. The standard InChI is InChI=1S/C22H18N6OS/c1-29-17-10-8-16(9-11-17)28-21(15-5-4-12-23-13-15)26-27-22(28)30-14-20-24-18-6-2-3-7-19(18)25-20/h2-13H,14H2,1H3,(H,24,25). The largest absolute Gasteiger partial charge is 0.497 e. The Bertz CT molecular complexity index is 1250. The number of rotatable bonds is 6. The Balaban J connectivity index is 1.51. The van der Waals surface area contributed by atoms with Crippen LogP contribution in [0.1, 0.15) is 5.82 Å². The lowest BCUT2D eigenvalue weighted by Gasteiger charge is -2.10. The first kappa shape index (κ1) is 18.4. The molecule has 0 aliphatic carbocycles. The van der Waals surface area contributed by atoms with Gasteiger partial charge in [-0.05, 0) is 48.5 Å². The summed E-state index contributed by atoms with van der Waals surface area (Å²) in [6.07, 6.45) is 3.53. The van der Waals surface area contributed by atoms with Crippen molar-refractivity contribution in [2.45, 2.75) is 10.9 Å². The van der Waals surface area contributed by atoms with Gasteiger partial charge in [-0.2, -0.15) is 0 Å². The van der Waals surface area contributed by atoms with Crippen LogP contribution >= 0.6 is 11.8 Å². The molecule has 0 fully saturated rings. The molecule has 7 nitrogen and oxygen atoms in total. The molecule has 0 saturated carbocycles. The van der Waals surface area contributed by atoms with Gasteiger partial charge < -0.3 is 9.72 Å². The lowest BCUT2D eigenvalue weighted by molar-refractivity contribution is 0.414. The van der Waals surface area contributed by atoms with Gasteiger partial charge in [-0.3, -0.25) is 9.55 Å². The second kappa shape index (κ2) is 8.00. The molecular weight excluding hydrogens is 396 g/mol. The summed E-state index contributed by atoms with van der Waals surface area (Å²) in [6.45, 7) is 0. The highest BCUT2D eigenvalue weighted by Crippen LogP contribution is 2.30. The molecule has 3 aromatic heterocycles. The number of aromatic amines is 1. The summed E-state index contributed by atoms with van der Waals surface area (Å²) in [4.78, 5) is 12.2. The zero-order valence-electron chi connectivity index (χ0n) is 16.2. The van der Waals surface area contributed by atoms with Crippen LogP contribution in [0.15, 0.2) is 78.2 Å². The summed E-state index contributed by atoms with van der Waals surface area (Å²) in [5, 5.41) is 9.68. The second-order valence-electron chi connectivity index (χ2n) is 6.57. The molecule has 0 aliphatic heterocycles. The van der Waals surface area contributed by atoms with Crippen molar-refractivity contribution in [3.05, 3.63) is 78.9 Å². The quantitative estimate of drug-likeness (QED) is 0.412. The van der Waals surface area contributed by atoms with Crippen molar-refractivity contribution in [2.75, 3.05) is 7.11 Å². The van der Waals surface area contributed by atoms with E-state index in [0.29, 0.717) is 5.75 Å². The van der Waals surface area contributed by atoms with E-state index in [4.69, 9.17) is 4.74 Å². The number of hydrogen-bond donors (Lipinski definition) is 1. The lowest BCUT2D eigenvalue weighted by atomic mass is 10.2. The third-order valence-corrected chi connectivity index (χ3v) is 5.60. The normalized spacial score (nSPS) is 11.1. The van der Waals surface area contributed by atoms with Gasteiger partial charge in [-0.1, -0.05) is 23.9 Å². The van der Waals surface area contributed by atoms with Crippen LogP contribution in [-0.4, -0.2) is 36.8 Å². The zero-order chi connectivity index (χ0) is 20.3. The van der Waals surface area contributed by atoms with Gasteiger partial charge in [-0.15, -0.1) is 10.2 Å². The summed E-state index contributed by atoms with van der Waals surface area (Å²) in [6, 6.07) is 19.7. The molecule has 0 atom stereocenters. The fourth-order valence-corrected chi connectivity index (χ4v) is 4.04. The van der Waals surface area contributed by atoms with Crippen molar-refractivity contribution >= 4 is 22.8 Å². The highest BCUT2D eigenvalue weighted by Gasteiger charge is 2.17. The molecule has 0 unspecified atom stereocenters. The van der Waals surface area contributed by atoms with Crippen molar-refractivity contribution < 1.29 is 4.74 Å². The molecule has 5 rings (SSSR count). The minimum atomic E-state index is 0.649. The Labute approximate surface area is 177 Å². The first-order chi connectivity index (χ1) is 14.8. The number of nitrogens with one attached hydrogen (secondary N) is 1. The SMILES string of the molecule is COc1ccc(-n2c(SCc3nc4ccccc4[nH]3)nnc2-c2cccnc2)cc1. The number of para-hydroxylation sites is 2. The molecule has 148 valence electrons. The Morgan fingerprint density at radius 3 is 2.63 bits per heavy atom. The van der Waals surface area contributed by atoms with E-state index in [9.17, 15) is 0 Å². The van der Waals surface area contributed by atoms with E-state index in [1.54, 1.807) is 31.3 Å². The van der Waals surface area contributed by atoms with Crippen LogP contribution in [0, 0.1) is 0 Å². The number of methoxy groups -OCH3 is 1. The van der Waals surface area contributed by atoms with Crippen LogP contribution < -0.4 is 4.74 Å². The molecule has 0 radical (unpaired) electrons. The number of aromatic nitrogens is 6. The molecule has 30 heavy (non-hydrogen) atoms. The molecule has 0 bridgehead atoms. The summed E-state index contributed by atoms with van der Waals surface area (Å²) in [5.74, 6) is 3.08. The fraction of sp³-hybridized carbons (Fsp3) is 0.0909. The number of pyridine rings is 1. The maximum absolute atomic E-state index is 5.30. The number of fused-ring (bicyclic) bond motifs is 1. The van der Waals surface area contributed by atoms with Crippen molar-refractivity contribution in [3.8, 4) is 22.8 Å². The number of ether oxygens (including phenoxy) is 1. The van der Waals surface area contributed by atoms with Crippen LogP contribution in [0.25, 0.3) is 28.1 Å². The third-order valence-electron chi connectivity index (χ3n) is 4.66. The number of hydrogen-bond acceptors (Lipinski definition) is 6. The van der Waals surface area contributed by atoms with E-state index >= 15 is 0 Å². The van der Waals surface area contributed by atoms with Crippen molar-refractivity contribution in [1.82, 2.24) is 29.7 Å². The van der Waals surface area contributed by atoms with E-state index in [2.05, 4.69) is 25.1 Å². The first-order valence-electron chi connectivity index (χ1n) is 9.38. The Hall–Kier alpha value is -3.65. The topological polar surface area (TPSA) is 81.5 Å². The molecule has 1 N–H and O–H groups in total. The van der Waals surface area contributed by atoms with Crippen LogP contribution in [0.2, 0.25) is 0 Å². The summed E-state index contributed by atoms with van der Waals surface area (Å²) < 4.78 is 7.33. The van der Waals surface area contributed by atoms with Gasteiger partial charge in [0.1, 0.15) is 11.6 Å². The Kier molecular flexibility index (Phi) is 4.90. The third kappa shape index (κ3) is 3.53. The molecular formula is C22H18N6OS. The summed E-state index contributed by atoms with van der Waals surface area (Å²) in [5.41, 5.74) is 3.84. The van der Waals surface area contributed by atoms with Crippen LogP contribution in [0.5, 0.6) is 5.75 Å². The molecule has 0 amide bonds. The van der Waals surface area contributed by atoms with Gasteiger partial charge in [0, 0.05) is 23.6 Å². The van der Waals surface area contributed by atoms with Crippen molar-refractivity contribution in [1.29, 1.82) is 0 Å².